The van der Waals surface area contributed by atoms with Crippen molar-refractivity contribution < 1.29 is 4.79 Å². The SMILES string of the molecule is Cc1cc(C)cc(-n2nnnc2S[C@@H](C)C(=O)N(C)c2ccccc2)c1. The second kappa shape index (κ2) is 7.70. The number of benzene rings is 2. The molecule has 6 nitrogen and oxygen atoms in total. The summed E-state index contributed by atoms with van der Waals surface area (Å²) in [6.07, 6.45) is 0. The monoisotopic (exact) mass is 367 g/mol. The van der Waals surface area contributed by atoms with Crippen LogP contribution in [0.3, 0.4) is 0 Å². The molecule has 0 aliphatic rings. The van der Waals surface area contributed by atoms with Crippen LogP contribution in [0.4, 0.5) is 5.69 Å². The summed E-state index contributed by atoms with van der Waals surface area (Å²) >= 11 is 1.35. The molecule has 0 N–H and O–H groups in total. The van der Waals surface area contributed by atoms with Gasteiger partial charge in [0.1, 0.15) is 0 Å². The standard InChI is InChI=1S/C19H21N5OS/c1-13-10-14(2)12-17(11-13)24-19(20-21-22-24)26-15(3)18(25)23(4)16-8-6-5-7-9-16/h5-12,15H,1-4H3/t15-/m0/s1. The maximum absolute atomic E-state index is 12.8. The quantitative estimate of drug-likeness (QED) is 0.647. The molecule has 1 heterocycles. The number of thioether (sulfide) groups is 1. The molecule has 0 spiro atoms. The molecule has 134 valence electrons. The Morgan fingerprint density at radius 3 is 2.42 bits per heavy atom. The minimum absolute atomic E-state index is 0.00354. The van der Waals surface area contributed by atoms with Gasteiger partial charge in [0.15, 0.2) is 0 Å². The van der Waals surface area contributed by atoms with Gasteiger partial charge in [0.25, 0.3) is 0 Å². The van der Waals surface area contributed by atoms with Crippen molar-refractivity contribution in [1.82, 2.24) is 20.2 Å². The molecule has 0 saturated carbocycles. The van der Waals surface area contributed by atoms with Gasteiger partial charge in [-0.1, -0.05) is 36.0 Å². The number of aromatic nitrogens is 4. The molecule has 1 aromatic heterocycles. The molecule has 3 aromatic rings. The Bertz CT molecular complexity index is 889. The molecule has 0 aliphatic heterocycles. The fraction of sp³-hybridized carbons (Fsp3) is 0.263. The minimum Gasteiger partial charge on any atom is -0.315 e. The summed E-state index contributed by atoms with van der Waals surface area (Å²) in [4.78, 5) is 14.4. The molecule has 3 rings (SSSR count). The highest BCUT2D eigenvalue weighted by molar-refractivity contribution is 8.00. The van der Waals surface area contributed by atoms with Crippen molar-refractivity contribution in [3.63, 3.8) is 0 Å². The van der Waals surface area contributed by atoms with Gasteiger partial charge in [0.05, 0.1) is 10.9 Å². The molecule has 0 bridgehead atoms. The Labute approximate surface area is 157 Å². The molecule has 0 aliphatic carbocycles. The van der Waals surface area contributed by atoms with E-state index in [1.807, 2.05) is 63.2 Å². The van der Waals surface area contributed by atoms with E-state index in [0.29, 0.717) is 5.16 Å². The van der Waals surface area contributed by atoms with E-state index in [9.17, 15) is 4.79 Å². The lowest BCUT2D eigenvalue weighted by molar-refractivity contribution is -0.117. The van der Waals surface area contributed by atoms with Gasteiger partial charge in [0.2, 0.25) is 11.1 Å². The number of rotatable bonds is 5. The molecular formula is C19H21N5OS. The second-order valence-electron chi connectivity index (χ2n) is 6.21. The molecule has 26 heavy (non-hydrogen) atoms. The maximum Gasteiger partial charge on any atom is 0.240 e. The summed E-state index contributed by atoms with van der Waals surface area (Å²) in [5.74, 6) is -0.00354. The van der Waals surface area contributed by atoms with E-state index in [0.717, 1.165) is 22.5 Å². The van der Waals surface area contributed by atoms with Crippen molar-refractivity contribution in [2.24, 2.45) is 0 Å². The third-order valence-corrected chi connectivity index (χ3v) is 5.02. The van der Waals surface area contributed by atoms with Crippen molar-refractivity contribution in [3.8, 4) is 5.69 Å². The van der Waals surface area contributed by atoms with Gasteiger partial charge >= 0.3 is 0 Å². The van der Waals surface area contributed by atoms with Crippen molar-refractivity contribution in [2.75, 3.05) is 11.9 Å². The number of carbonyl (C=O) groups is 1. The van der Waals surface area contributed by atoms with Crippen LogP contribution < -0.4 is 4.90 Å². The average Bonchev–Trinajstić information content (AvgIpc) is 3.08. The zero-order valence-corrected chi connectivity index (χ0v) is 16.1. The van der Waals surface area contributed by atoms with Crippen molar-refractivity contribution in [3.05, 3.63) is 59.7 Å². The zero-order valence-electron chi connectivity index (χ0n) is 15.2. The number of tetrazole rings is 1. The Hall–Kier alpha value is -2.67. The first-order chi connectivity index (χ1) is 12.5. The zero-order chi connectivity index (χ0) is 18.7. The first-order valence-electron chi connectivity index (χ1n) is 8.32. The van der Waals surface area contributed by atoms with E-state index in [1.54, 1.807) is 16.6 Å². The fourth-order valence-electron chi connectivity index (χ4n) is 2.75. The topological polar surface area (TPSA) is 63.9 Å². The third-order valence-electron chi connectivity index (χ3n) is 4.00. The molecule has 0 saturated heterocycles. The van der Waals surface area contributed by atoms with Crippen molar-refractivity contribution in [1.29, 1.82) is 0 Å². The van der Waals surface area contributed by atoms with E-state index >= 15 is 0 Å². The molecule has 1 amide bonds. The van der Waals surface area contributed by atoms with E-state index in [2.05, 4.69) is 21.6 Å². The van der Waals surface area contributed by atoms with Gasteiger partial charge in [-0.2, -0.15) is 4.68 Å². The molecule has 2 aromatic carbocycles. The van der Waals surface area contributed by atoms with E-state index < -0.39 is 0 Å². The van der Waals surface area contributed by atoms with Gasteiger partial charge < -0.3 is 4.90 Å². The van der Waals surface area contributed by atoms with Crippen LogP contribution in [0.5, 0.6) is 0 Å². The van der Waals surface area contributed by atoms with Gasteiger partial charge in [-0.15, -0.1) is 5.10 Å². The Morgan fingerprint density at radius 2 is 1.77 bits per heavy atom. The van der Waals surface area contributed by atoms with Crippen LogP contribution in [0.1, 0.15) is 18.1 Å². The number of hydrogen-bond donors (Lipinski definition) is 0. The van der Waals surface area contributed by atoms with Crippen LogP contribution in [-0.2, 0) is 4.79 Å². The number of anilines is 1. The molecule has 0 radical (unpaired) electrons. The lowest BCUT2D eigenvalue weighted by atomic mass is 10.1. The predicted molar refractivity (Wildman–Crippen MR) is 104 cm³/mol. The minimum atomic E-state index is -0.323. The summed E-state index contributed by atoms with van der Waals surface area (Å²) in [6, 6.07) is 15.7. The first-order valence-corrected chi connectivity index (χ1v) is 9.20. The second-order valence-corrected chi connectivity index (χ2v) is 7.52. The van der Waals surface area contributed by atoms with Gasteiger partial charge in [0, 0.05) is 12.7 Å². The van der Waals surface area contributed by atoms with Crippen LogP contribution >= 0.6 is 11.8 Å². The summed E-state index contributed by atoms with van der Waals surface area (Å²) in [7, 11) is 1.78. The number of nitrogens with zero attached hydrogens (tertiary/aromatic N) is 5. The highest BCUT2D eigenvalue weighted by Gasteiger charge is 2.23. The average molecular weight is 367 g/mol. The van der Waals surface area contributed by atoms with Crippen LogP contribution in [-0.4, -0.2) is 38.4 Å². The maximum atomic E-state index is 12.8. The summed E-state index contributed by atoms with van der Waals surface area (Å²) < 4.78 is 1.68. The van der Waals surface area contributed by atoms with E-state index in [4.69, 9.17) is 0 Å². The highest BCUT2D eigenvalue weighted by atomic mass is 32.2. The number of amides is 1. The Morgan fingerprint density at radius 1 is 1.12 bits per heavy atom. The summed E-state index contributed by atoms with van der Waals surface area (Å²) in [6.45, 7) is 5.94. The van der Waals surface area contributed by atoms with Gasteiger partial charge in [-0.05, 0) is 66.6 Å². The van der Waals surface area contributed by atoms with E-state index in [-0.39, 0.29) is 11.2 Å². The Balaban J connectivity index is 1.79. The van der Waals surface area contributed by atoms with E-state index in [1.165, 1.54) is 11.8 Å². The molecule has 0 fully saturated rings. The third kappa shape index (κ3) is 3.94. The Kier molecular flexibility index (Phi) is 5.37. The first kappa shape index (κ1) is 18.1. The fourth-order valence-corrected chi connectivity index (χ4v) is 3.65. The van der Waals surface area contributed by atoms with Gasteiger partial charge in [-0.3, -0.25) is 4.79 Å². The summed E-state index contributed by atoms with van der Waals surface area (Å²) in [5, 5.41) is 12.3. The van der Waals surface area contributed by atoms with Crippen molar-refractivity contribution in [2.45, 2.75) is 31.2 Å². The molecule has 0 unspecified atom stereocenters. The number of carbonyl (C=O) groups excluding carboxylic acids is 1. The lowest BCUT2D eigenvalue weighted by Gasteiger charge is -2.20. The molecular weight excluding hydrogens is 346 g/mol. The van der Waals surface area contributed by atoms with Crippen LogP contribution in [0.15, 0.2) is 53.7 Å². The van der Waals surface area contributed by atoms with Crippen LogP contribution in [0.2, 0.25) is 0 Å². The summed E-state index contributed by atoms with van der Waals surface area (Å²) in [5.41, 5.74) is 4.03. The number of hydrogen-bond acceptors (Lipinski definition) is 5. The number of para-hydroxylation sites is 1. The highest BCUT2D eigenvalue weighted by Crippen LogP contribution is 2.26. The molecule has 7 heteroatoms. The lowest BCUT2D eigenvalue weighted by Crippen LogP contribution is -2.33. The normalized spacial score (nSPS) is 12.0. The smallest absolute Gasteiger partial charge is 0.240 e. The van der Waals surface area contributed by atoms with Crippen LogP contribution in [0, 0.1) is 13.8 Å². The van der Waals surface area contributed by atoms with Gasteiger partial charge in [-0.25, -0.2) is 0 Å². The van der Waals surface area contributed by atoms with Crippen LogP contribution in [0.25, 0.3) is 5.69 Å². The largest absolute Gasteiger partial charge is 0.315 e. The number of aryl methyl sites for hydroxylation is 2. The predicted octanol–water partition coefficient (Wildman–Crippen LogP) is 3.42. The molecule has 1 atom stereocenters. The van der Waals surface area contributed by atoms with Crippen molar-refractivity contribution >= 4 is 23.4 Å².